The van der Waals surface area contributed by atoms with Gasteiger partial charge >= 0.3 is 0 Å². The predicted octanol–water partition coefficient (Wildman–Crippen LogP) is 1.65. The minimum atomic E-state index is 0.664. The molecule has 2 fully saturated rings. The highest BCUT2D eigenvalue weighted by atomic mass is 32.1. The van der Waals surface area contributed by atoms with Gasteiger partial charge < -0.3 is 10.2 Å². The Bertz CT molecular complexity index is 328. The quantitative estimate of drug-likeness (QED) is 0.869. The first kappa shape index (κ1) is 10.5. The summed E-state index contributed by atoms with van der Waals surface area (Å²) in [6, 6.07) is 2.15. The van der Waals surface area contributed by atoms with E-state index in [9.17, 15) is 0 Å². The van der Waals surface area contributed by atoms with Gasteiger partial charge in [0.15, 0.2) is 0 Å². The first-order chi connectivity index (χ1) is 7.86. The van der Waals surface area contributed by atoms with Gasteiger partial charge in [-0.05, 0) is 32.6 Å². The Hall–Kier alpha value is -0.680. The van der Waals surface area contributed by atoms with Crippen molar-refractivity contribution in [3.05, 3.63) is 6.33 Å². The van der Waals surface area contributed by atoms with E-state index in [0.717, 1.165) is 23.8 Å². The van der Waals surface area contributed by atoms with Gasteiger partial charge in [-0.25, -0.2) is 4.98 Å². The molecule has 1 aromatic rings. The molecule has 3 rings (SSSR count). The Morgan fingerprint density at radius 2 is 2.19 bits per heavy atom. The van der Waals surface area contributed by atoms with E-state index >= 15 is 0 Å². The van der Waals surface area contributed by atoms with Crippen molar-refractivity contribution >= 4 is 16.7 Å². The van der Waals surface area contributed by atoms with Crippen molar-refractivity contribution in [1.29, 1.82) is 0 Å². The maximum atomic E-state index is 4.35. The highest BCUT2D eigenvalue weighted by molar-refractivity contribution is 7.09. The molecule has 4 nitrogen and oxygen atoms in total. The van der Waals surface area contributed by atoms with Crippen molar-refractivity contribution in [3.63, 3.8) is 0 Å². The molecule has 2 saturated heterocycles. The number of piperidine rings is 1. The van der Waals surface area contributed by atoms with Gasteiger partial charge in [0.25, 0.3) is 0 Å². The monoisotopic (exact) mass is 238 g/mol. The van der Waals surface area contributed by atoms with E-state index in [0.29, 0.717) is 6.04 Å². The summed E-state index contributed by atoms with van der Waals surface area (Å²) in [6.45, 7) is 3.25. The summed E-state index contributed by atoms with van der Waals surface area (Å²) in [5.74, 6) is 0. The largest absolute Gasteiger partial charge is 0.344 e. The Kier molecular flexibility index (Phi) is 2.81. The third-order valence-corrected chi connectivity index (χ3v) is 4.53. The summed E-state index contributed by atoms with van der Waals surface area (Å²) >= 11 is 1.52. The smallest absolute Gasteiger partial charge is 0.205 e. The minimum Gasteiger partial charge on any atom is -0.344 e. The van der Waals surface area contributed by atoms with Gasteiger partial charge in [0.05, 0.1) is 0 Å². The van der Waals surface area contributed by atoms with Crippen LogP contribution in [-0.4, -0.2) is 34.0 Å². The molecule has 1 aromatic heterocycles. The summed E-state index contributed by atoms with van der Waals surface area (Å²) in [5.41, 5.74) is 0. The van der Waals surface area contributed by atoms with E-state index in [1.165, 1.54) is 37.2 Å². The number of fused-ring (bicyclic) bond motifs is 2. The molecular weight excluding hydrogens is 220 g/mol. The molecule has 2 bridgehead atoms. The van der Waals surface area contributed by atoms with Crippen molar-refractivity contribution in [2.45, 2.75) is 50.7 Å². The molecule has 0 aromatic carbocycles. The molecule has 0 aliphatic carbocycles. The second-order valence-corrected chi connectivity index (χ2v) is 5.53. The number of hydrogen-bond donors (Lipinski definition) is 1. The van der Waals surface area contributed by atoms with Crippen LogP contribution in [0.1, 0.15) is 32.6 Å². The Labute approximate surface area is 100 Å². The van der Waals surface area contributed by atoms with Crippen molar-refractivity contribution in [2.24, 2.45) is 0 Å². The molecule has 88 valence electrons. The Morgan fingerprint density at radius 1 is 1.44 bits per heavy atom. The van der Waals surface area contributed by atoms with E-state index in [1.807, 2.05) is 0 Å². The molecule has 16 heavy (non-hydrogen) atoms. The Morgan fingerprint density at radius 3 is 2.75 bits per heavy atom. The molecular formula is C11H18N4S. The normalized spacial score (nSPS) is 32.9. The van der Waals surface area contributed by atoms with Crippen LogP contribution in [0.5, 0.6) is 0 Å². The lowest BCUT2D eigenvalue weighted by atomic mass is 9.98. The number of nitrogens with zero attached hydrogens (tertiary/aromatic N) is 3. The van der Waals surface area contributed by atoms with Gasteiger partial charge in [-0.2, -0.15) is 4.37 Å². The average molecular weight is 238 g/mol. The zero-order chi connectivity index (χ0) is 11.0. The van der Waals surface area contributed by atoms with Crippen LogP contribution >= 0.6 is 11.5 Å². The second kappa shape index (κ2) is 4.30. The molecule has 0 spiro atoms. The van der Waals surface area contributed by atoms with Crippen LogP contribution in [0.25, 0.3) is 0 Å². The fourth-order valence-corrected chi connectivity index (χ4v) is 3.79. The van der Waals surface area contributed by atoms with E-state index in [-0.39, 0.29) is 0 Å². The van der Waals surface area contributed by atoms with Gasteiger partial charge in [-0.1, -0.05) is 0 Å². The maximum absolute atomic E-state index is 4.35. The van der Waals surface area contributed by atoms with Crippen molar-refractivity contribution in [2.75, 3.05) is 11.4 Å². The summed E-state index contributed by atoms with van der Waals surface area (Å²) in [6.07, 6.45) is 6.91. The number of anilines is 1. The van der Waals surface area contributed by atoms with Gasteiger partial charge in [-0.15, -0.1) is 0 Å². The van der Waals surface area contributed by atoms with E-state index in [2.05, 4.69) is 26.5 Å². The number of nitrogens with one attached hydrogen (secondary N) is 1. The molecule has 0 amide bonds. The number of aromatic nitrogens is 2. The van der Waals surface area contributed by atoms with E-state index in [1.54, 1.807) is 6.33 Å². The number of hydrogen-bond acceptors (Lipinski definition) is 5. The van der Waals surface area contributed by atoms with E-state index < -0.39 is 0 Å². The lowest BCUT2D eigenvalue weighted by Gasteiger charge is -2.36. The molecule has 2 atom stereocenters. The zero-order valence-electron chi connectivity index (χ0n) is 9.59. The average Bonchev–Trinajstić information content (AvgIpc) is 2.90. The fraction of sp³-hybridized carbons (Fsp3) is 0.818. The molecule has 2 unspecified atom stereocenters. The van der Waals surface area contributed by atoms with Crippen LogP contribution in [0, 0.1) is 0 Å². The highest BCUT2D eigenvalue weighted by Gasteiger charge is 2.36. The van der Waals surface area contributed by atoms with Crippen LogP contribution in [0.15, 0.2) is 6.33 Å². The summed E-state index contributed by atoms with van der Waals surface area (Å²) in [4.78, 5) is 6.78. The predicted molar refractivity (Wildman–Crippen MR) is 65.9 cm³/mol. The summed E-state index contributed by atoms with van der Waals surface area (Å²) in [7, 11) is 0. The third kappa shape index (κ3) is 1.82. The van der Waals surface area contributed by atoms with E-state index in [4.69, 9.17) is 0 Å². The molecule has 1 N–H and O–H groups in total. The van der Waals surface area contributed by atoms with Gasteiger partial charge in [0, 0.05) is 36.2 Å². The van der Waals surface area contributed by atoms with Gasteiger partial charge in [-0.3, -0.25) is 0 Å². The van der Waals surface area contributed by atoms with Crippen LogP contribution < -0.4 is 10.2 Å². The summed E-state index contributed by atoms with van der Waals surface area (Å²) < 4.78 is 4.11. The Balaban J connectivity index is 1.75. The maximum Gasteiger partial charge on any atom is 0.205 e. The first-order valence-electron chi connectivity index (χ1n) is 6.16. The molecule has 3 heterocycles. The van der Waals surface area contributed by atoms with Gasteiger partial charge in [0.2, 0.25) is 5.13 Å². The van der Waals surface area contributed by atoms with Crippen LogP contribution in [0.4, 0.5) is 5.13 Å². The van der Waals surface area contributed by atoms with Crippen LogP contribution in [-0.2, 0) is 0 Å². The van der Waals surface area contributed by atoms with Crippen molar-refractivity contribution in [1.82, 2.24) is 14.7 Å². The van der Waals surface area contributed by atoms with Crippen molar-refractivity contribution in [3.8, 4) is 0 Å². The molecule has 5 heteroatoms. The highest BCUT2D eigenvalue weighted by Crippen LogP contribution is 2.32. The van der Waals surface area contributed by atoms with Crippen molar-refractivity contribution < 1.29 is 0 Å². The number of rotatable bonds is 3. The molecule has 2 aliphatic rings. The fourth-order valence-electron chi connectivity index (χ4n) is 3.13. The molecule has 2 aliphatic heterocycles. The van der Waals surface area contributed by atoms with Gasteiger partial charge in [0.1, 0.15) is 6.33 Å². The van der Waals surface area contributed by atoms with Crippen LogP contribution in [0.2, 0.25) is 0 Å². The SMILES string of the molecule is CCN(c1ncns1)C1CC2CCC(C1)N2. The lowest BCUT2D eigenvalue weighted by molar-refractivity contribution is 0.349. The third-order valence-electron chi connectivity index (χ3n) is 3.83. The minimum absolute atomic E-state index is 0.664. The molecule has 0 radical (unpaired) electrons. The summed E-state index contributed by atoms with van der Waals surface area (Å²) in [5, 5.41) is 4.78. The topological polar surface area (TPSA) is 41.1 Å². The first-order valence-corrected chi connectivity index (χ1v) is 6.93. The zero-order valence-corrected chi connectivity index (χ0v) is 10.4. The standard InChI is InChI=1S/C11H18N4S/c1-2-15(11-12-7-13-16-11)10-5-8-3-4-9(6-10)14-8/h7-10,14H,2-6H2,1H3. The lowest BCUT2D eigenvalue weighted by Crippen LogP contribution is -2.48. The van der Waals surface area contributed by atoms with Crippen LogP contribution in [0.3, 0.4) is 0 Å². The second-order valence-electron chi connectivity index (χ2n) is 4.77. The molecule has 0 saturated carbocycles.